The molecule has 0 saturated heterocycles. The van der Waals surface area contributed by atoms with Crippen LogP contribution in [-0.2, 0) is 10.2 Å². The van der Waals surface area contributed by atoms with Crippen LogP contribution in [0, 0.1) is 17.2 Å². The zero-order chi connectivity index (χ0) is 12.2. The smallest absolute Gasteiger partial charge is 0.129 e. The molecule has 0 fully saturated rings. The molecular formula is C13H17NOS. The van der Waals surface area contributed by atoms with Gasteiger partial charge < -0.3 is 4.79 Å². The summed E-state index contributed by atoms with van der Waals surface area (Å²) in [6, 6.07) is 6.39. The summed E-state index contributed by atoms with van der Waals surface area (Å²) in [7, 11) is 0. The van der Waals surface area contributed by atoms with Gasteiger partial charge >= 0.3 is 0 Å². The number of carbonyl (C=O) groups excluding carboxylic acids is 1. The van der Waals surface area contributed by atoms with Crippen LogP contribution < -0.4 is 0 Å². The first-order valence-electron chi connectivity index (χ1n) is 5.47. The van der Waals surface area contributed by atoms with E-state index in [2.05, 4.69) is 6.07 Å². The molecule has 0 amide bonds. The van der Waals surface area contributed by atoms with Crippen LogP contribution in [0.25, 0.3) is 0 Å². The van der Waals surface area contributed by atoms with E-state index in [0.717, 1.165) is 4.88 Å². The molecule has 0 bridgehead atoms. The first-order chi connectivity index (χ1) is 7.53. The molecule has 0 aliphatic heterocycles. The third kappa shape index (κ3) is 2.51. The standard InChI is InChI=1S/C13H17NOS/c1-10(2)13(9-14,7-6-11(3)15)12-5-4-8-16-12/h4-5,8,10H,6-7H2,1-3H3. The number of hydrogen-bond donors (Lipinski definition) is 0. The van der Waals surface area contributed by atoms with Crippen LogP contribution in [0.3, 0.4) is 0 Å². The molecule has 3 heteroatoms. The summed E-state index contributed by atoms with van der Waals surface area (Å²) in [5, 5.41) is 11.5. The van der Waals surface area contributed by atoms with Crippen molar-refractivity contribution in [1.29, 1.82) is 5.26 Å². The number of ketones is 1. The summed E-state index contributed by atoms with van der Waals surface area (Å²) in [6.45, 7) is 5.67. The molecule has 86 valence electrons. The average molecular weight is 235 g/mol. The van der Waals surface area contributed by atoms with Crippen LogP contribution in [0.1, 0.15) is 38.5 Å². The lowest BCUT2D eigenvalue weighted by Gasteiger charge is -2.29. The Bertz CT molecular complexity index is 389. The molecule has 16 heavy (non-hydrogen) atoms. The van der Waals surface area contributed by atoms with Crippen LogP contribution >= 0.6 is 11.3 Å². The topological polar surface area (TPSA) is 40.9 Å². The normalized spacial score (nSPS) is 14.4. The lowest BCUT2D eigenvalue weighted by atomic mass is 9.73. The fourth-order valence-electron chi connectivity index (χ4n) is 1.84. The van der Waals surface area contributed by atoms with E-state index in [1.54, 1.807) is 18.3 Å². The maximum atomic E-state index is 11.1. The molecular weight excluding hydrogens is 218 g/mol. The number of carbonyl (C=O) groups is 1. The van der Waals surface area contributed by atoms with Gasteiger partial charge in [0.05, 0.1) is 11.5 Å². The minimum Gasteiger partial charge on any atom is -0.300 e. The van der Waals surface area contributed by atoms with Crippen molar-refractivity contribution in [1.82, 2.24) is 0 Å². The average Bonchev–Trinajstić information content (AvgIpc) is 2.72. The molecule has 0 aromatic carbocycles. The zero-order valence-corrected chi connectivity index (χ0v) is 10.8. The van der Waals surface area contributed by atoms with E-state index in [-0.39, 0.29) is 11.7 Å². The van der Waals surface area contributed by atoms with Crippen molar-refractivity contribution in [3.05, 3.63) is 22.4 Å². The van der Waals surface area contributed by atoms with Crippen molar-refractivity contribution in [2.75, 3.05) is 0 Å². The fraction of sp³-hybridized carbons (Fsp3) is 0.538. The quantitative estimate of drug-likeness (QED) is 0.783. The number of Topliss-reactive ketones (excluding diaryl/α,β-unsaturated/α-hetero) is 1. The monoisotopic (exact) mass is 235 g/mol. The molecule has 1 atom stereocenters. The highest BCUT2D eigenvalue weighted by atomic mass is 32.1. The van der Waals surface area contributed by atoms with Crippen molar-refractivity contribution in [2.24, 2.45) is 5.92 Å². The number of thiophene rings is 1. The second-order valence-corrected chi connectivity index (χ2v) is 5.36. The Morgan fingerprint density at radius 1 is 1.62 bits per heavy atom. The lowest BCUT2D eigenvalue weighted by molar-refractivity contribution is -0.117. The SMILES string of the molecule is CC(=O)CCC(C#N)(c1cccs1)C(C)C. The Balaban J connectivity index is 3.02. The van der Waals surface area contributed by atoms with Gasteiger partial charge in [-0.2, -0.15) is 5.26 Å². The van der Waals surface area contributed by atoms with Gasteiger partial charge in [-0.25, -0.2) is 0 Å². The van der Waals surface area contributed by atoms with E-state index in [9.17, 15) is 10.1 Å². The van der Waals surface area contributed by atoms with Crippen molar-refractivity contribution in [2.45, 2.75) is 39.0 Å². The Morgan fingerprint density at radius 3 is 2.69 bits per heavy atom. The molecule has 0 aliphatic carbocycles. The van der Waals surface area contributed by atoms with Gasteiger partial charge in [-0.1, -0.05) is 19.9 Å². The van der Waals surface area contributed by atoms with E-state index in [0.29, 0.717) is 12.8 Å². The van der Waals surface area contributed by atoms with Gasteiger partial charge in [0.2, 0.25) is 0 Å². The van der Waals surface area contributed by atoms with E-state index < -0.39 is 5.41 Å². The van der Waals surface area contributed by atoms with Crippen LogP contribution in [0.4, 0.5) is 0 Å². The van der Waals surface area contributed by atoms with Crippen LogP contribution in [0.15, 0.2) is 17.5 Å². The molecule has 0 radical (unpaired) electrons. The molecule has 0 saturated carbocycles. The summed E-state index contributed by atoms with van der Waals surface area (Å²) in [6.07, 6.45) is 1.10. The maximum Gasteiger partial charge on any atom is 0.129 e. The van der Waals surface area contributed by atoms with E-state index in [1.165, 1.54) is 0 Å². The number of hydrogen-bond acceptors (Lipinski definition) is 3. The molecule has 1 aromatic rings. The lowest BCUT2D eigenvalue weighted by Crippen LogP contribution is -2.30. The Labute approximate surface area is 101 Å². The molecule has 0 spiro atoms. The molecule has 1 heterocycles. The Hall–Kier alpha value is -1.14. The molecule has 1 rings (SSSR count). The van der Waals surface area contributed by atoms with Crippen molar-refractivity contribution >= 4 is 17.1 Å². The second kappa shape index (κ2) is 5.27. The summed E-state index contributed by atoms with van der Waals surface area (Å²) >= 11 is 1.60. The minimum absolute atomic E-state index is 0.150. The van der Waals surface area contributed by atoms with Crippen LogP contribution in [0.2, 0.25) is 0 Å². The summed E-state index contributed by atoms with van der Waals surface area (Å²) < 4.78 is 0. The summed E-state index contributed by atoms with van der Waals surface area (Å²) in [5.41, 5.74) is -0.500. The highest BCUT2D eigenvalue weighted by Crippen LogP contribution is 2.38. The van der Waals surface area contributed by atoms with Crippen LogP contribution in [-0.4, -0.2) is 5.78 Å². The predicted molar refractivity (Wildman–Crippen MR) is 66.4 cm³/mol. The van der Waals surface area contributed by atoms with Crippen molar-refractivity contribution in [3.8, 4) is 6.07 Å². The predicted octanol–water partition coefficient (Wildman–Crippen LogP) is 3.53. The van der Waals surface area contributed by atoms with E-state index in [4.69, 9.17) is 0 Å². The first-order valence-corrected chi connectivity index (χ1v) is 6.35. The Morgan fingerprint density at radius 2 is 2.31 bits per heavy atom. The van der Waals surface area contributed by atoms with Crippen molar-refractivity contribution in [3.63, 3.8) is 0 Å². The highest BCUT2D eigenvalue weighted by Gasteiger charge is 2.36. The summed E-state index contributed by atoms with van der Waals surface area (Å²) in [4.78, 5) is 12.2. The highest BCUT2D eigenvalue weighted by molar-refractivity contribution is 7.10. The Kier molecular flexibility index (Phi) is 4.26. The second-order valence-electron chi connectivity index (χ2n) is 4.42. The largest absolute Gasteiger partial charge is 0.300 e. The fourth-order valence-corrected chi connectivity index (χ4v) is 2.90. The minimum atomic E-state index is -0.500. The zero-order valence-electron chi connectivity index (χ0n) is 9.99. The van der Waals surface area contributed by atoms with Gasteiger partial charge in [0.25, 0.3) is 0 Å². The third-order valence-electron chi connectivity index (χ3n) is 3.02. The molecule has 2 nitrogen and oxygen atoms in total. The summed E-state index contributed by atoms with van der Waals surface area (Å²) in [5.74, 6) is 0.368. The van der Waals surface area contributed by atoms with Crippen LogP contribution in [0.5, 0.6) is 0 Å². The number of nitriles is 1. The molecule has 1 aromatic heterocycles. The maximum absolute atomic E-state index is 11.1. The van der Waals surface area contributed by atoms with Gasteiger partial charge in [0, 0.05) is 11.3 Å². The first kappa shape index (κ1) is 12.9. The molecule has 0 aliphatic rings. The third-order valence-corrected chi connectivity index (χ3v) is 4.06. The van der Waals surface area contributed by atoms with Gasteiger partial charge in [0.1, 0.15) is 5.78 Å². The number of rotatable bonds is 5. The molecule has 0 N–H and O–H groups in total. The van der Waals surface area contributed by atoms with E-state index in [1.807, 2.05) is 31.4 Å². The van der Waals surface area contributed by atoms with Gasteiger partial charge in [-0.3, -0.25) is 0 Å². The van der Waals surface area contributed by atoms with E-state index >= 15 is 0 Å². The van der Waals surface area contributed by atoms with Gasteiger partial charge in [-0.05, 0) is 30.7 Å². The van der Waals surface area contributed by atoms with Gasteiger partial charge in [-0.15, -0.1) is 11.3 Å². The van der Waals surface area contributed by atoms with Gasteiger partial charge in [0.15, 0.2) is 0 Å². The van der Waals surface area contributed by atoms with Crippen molar-refractivity contribution < 1.29 is 4.79 Å². The molecule has 1 unspecified atom stereocenters. The number of nitrogens with zero attached hydrogens (tertiary/aromatic N) is 1.